The molecule has 0 saturated carbocycles. The van der Waals surface area contributed by atoms with Crippen molar-refractivity contribution in [3.63, 3.8) is 0 Å². The number of hydrogen-bond acceptors (Lipinski definition) is 4. The zero-order valence-corrected chi connectivity index (χ0v) is 21.7. The van der Waals surface area contributed by atoms with E-state index in [-0.39, 0.29) is 22.3 Å². The van der Waals surface area contributed by atoms with Crippen LogP contribution >= 0.6 is 15.9 Å². The van der Waals surface area contributed by atoms with E-state index in [0.717, 1.165) is 21.2 Å². The fraction of sp³-hybridized carbons (Fsp3) is 0.423. The molecule has 1 aromatic heterocycles. The summed E-state index contributed by atoms with van der Waals surface area (Å²) < 4.78 is 2.21. The van der Waals surface area contributed by atoms with Gasteiger partial charge in [0.15, 0.2) is 0 Å². The van der Waals surface area contributed by atoms with Crippen LogP contribution in [0.4, 0.5) is 0 Å². The van der Waals surface area contributed by atoms with E-state index >= 15 is 0 Å². The minimum absolute atomic E-state index is 0.0167. The second-order valence-electron chi connectivity index (χ2n) is 10.6. The van der Waals surface area contributed by atoms with Gasteiger partial charge in [-0.2, -0.15) is 9.78 Å². The number of phenols is 1. The molecule has 3 aromatic rings. The first-order chi connectivity index (χ1) is 14.7. The van der Waals surface area contributed by atoms with Crippen LogP contribution in [0.1, 0.15) is 83.8 Å². The Hall–Kier alpha value is -2.47. The molecular weight excluding hydrogens is 466 g/mol. The average Bonchev–Trinajstić information content (AvgIpc) is 2.66. The van der Waals surface area contributed by atoms with Gasteiger partial charge in [0, 0.05) is 21.5 Å². The Morgan fingerprint density at radius 1 is 1.03 bits per heavy atom. The van der Waals surface area contributed by atoms with E-state index in [9.17, 15) is 9.90 Å². The van der Waals surface area contributed by atoms with Crippen molar-refractivity contribution in [3.8, 4) is 5.75 Å². The molecule has 5 nitrogen and oxygen atoms in total. The molecule has 6 heteroatoms. The molecule has 3 rings (SSSR count). The lowest BCUT2D eigenvalue weighted by Crippen LogP contribution is -2.23. The fourth-order valence-corrected chi connectivity index (χ4v) is 4.01. The maximum absolute atomic E-state index is 13.3. The quantitative estimate of drug-likeness (QED) is 0.421. The van der Waals surface area contributed by atoms with Crippen LogP contribution in [0.25, 0.3) is 10.9 Å². The van der Waals surface area contributed by atoms with Crippen molar-refractivity contribution in [2.75, 3.05) is 0 Å². The molecule has 2 aromatic carbocycles. The highest BCUT2D eigenvalue weighted by atomic mass is 79.9. The molecule has 0 atom stereocenters. The molecule has 0 aliphatic carbocycles. The summed E-state index contributed by atoms with van der Waals surface area (Å²) in [6.07, 6.45) is 1.68. The standard InChI is InChI=1S/C26H32BrN3O2/c1-15(2)23-29-21-10-9-17(27)13-18(21)24(32)30(23)28-14-16-11-19(25(3,4)5)22(31)20(12-16)26(6,7)8/h9-15,31H,1-8H3. The van der Waals surface area contributed by atoms with Gasteiger partial charge in [-0.1, -0.05) is 71.3 Å². The van der Waals surface area contributed by atoms with Gasteiger partial charge >= 0.3 is 0 Å². The van der Waals surface area contributed by atoms with Crippen LogP contribution in [0, 0.1) is 0 Å². The highest BCUT2D eigenvalue weighted by Gasteiger charge is 2.26. The van der Waals surface area contributed by atoms with E-state index in [1.807, 2.05) is 38.1 Å². The summed E-state index contributed by atoms with van der Waals surface area (Å²) in [7, 11) is 0. The molecule has 0 unspecified atom stereocenters. The third kappa shape index (κ3) is 4.80. The normalized spacial score (nSPS) is 12.9. The molecule has 0 radical (unpaired) electrons. The zero-order chi connectivity index (χ0) is 24.0. The van der Waals surface area contributed by atoms with Crippen LogP contribution in [0.2, 0.25) is 0 Å². The number of aromatic nitrogens is 2. The number of halogens is 1. The summed E-state index contributed by atoms with van der Waals surface area (Å²) in [6.45, 7) is 16.4. The number of rotatable bonds is 3. The van der Waals surface area contributed by atoms with Crippen molar-refractivity contribution in [2.24, 2.45) is 5.10 Å². The van der Waals surface area contributed by atoms with Crippen molar-refractivity contribution in [1.82, 2.24) is 9.66 Å². The van der Waals surface area contributed by atoms with E-state index < -0.39 is 0 Å². The lowest BCUT2D eigenvalue weighted by molar-refractivity contribution is 0.423. The molecule has 0 saturated heterocycles. The molecule has 0 aliphatic heterocycles. The highest BCUT2D eigenvalue weighted by Crippen LogP contribution is 2.39. The first-order valence-corrected chi connectivity index (χ1v) is 11.6. The first-order valence-electron chi connectivity index (χ1n) is 10.8. The molecule has 1 heterocycles. The molecule has 0 spiro atoms. The van der Waals surface area contributed by atoms with Gasteiger partial charge in [0.2, 0.25) is 0 Å². The Kier molecular flexibility index (Phi) is 6.40. The summed E-state index contributed by atoms with van der Waals surface area (Å²) in [5.41, 5.74) is 2.49. The van der Waals surface area contributed by atoms with E-state index in [1.165, 1.54) is 4.68 Å². The van der Waals surface area contributed by atoms with Gasteiger partial charge in [0.05, 0.1) is 17.1 Å². The molecule has 170 valence electrons. The molecular formula is C26H32BrN3O2. The molecule has 32 heavy (non-hydrogen) atoms. The highest BCUT2D eigenvalue weighted by molar-refractivity contribution is 9.10. The summed E-state index contributed by atoms with van der Waals surface area (Å²) in [5, 5.41) is 16.0. The van der Waals surface area contributed by atoms with E-state index in [1.54, 1.807) is 12.3 Å². The second-order valence-corrected chi connectivity index (χ2v) is 11.5. The van der Waals surface area contributed by atoms with Crippen molar-refractivity contribution < 1.29 is 5.11 Å². The Morgan fingerprint density at radius 2 is 1.59 bits per heavy atom. The van der Waals surface area contributed by atoms with Gasteiger partial charge in [-0.3, -0.25) is 4.79 Å². The van der Waals surface area contributed by atoms with Gasteiger partial charge in [-0.15, -0.1) is 0 Å². The Balaban J connectivity index is 2.24. The predicted octanol–water partition coefficient (Wildman–Crippen LogP) is 6.47. The second kappa shape index (κ2) is 8.47. The van der Waals surface area contributed by atoms with Crippen LogP contribution in [-0.4, -0.2) is 21.0 Å². The maximum atomic E-state index is 13.3. The van der Waals surface area contributed by atoms with Crippen LogP contribution in [0.15, 0.2) is 44.7 Å². The molecule has 0 amide bonds. The monoisotopic (exact) mass is 497 g/mol. The summed E-state index contributed by atoms with van der Waals surface area (Å²) >= 11 is 3.44. The Bertz CT molecular complexity index is 1220. The van der Waals surface area contributed by atoms with Gasteiger partial charge < -0.3 is 5.11 Å². The van der Waals surface area contributed by atoms with Gasteiger partial charge in [0.1, 0.15) is 11.6 Å². The van der Waals surface area contributed by atoms with Gasteiger partial charge in [0.25, 0.3) is 5.56 Å². The van der Waals surface area contributed by atoms with E-state index in [0.29, 0.717) is 22.5 Å². The van der Waals surface area contributed by atoms with E-state index in [4.69, 9.17) is 4.98 Å². The Labute approximate surface area is 198 Å². The zero-order valence-electron chi connectivity index (χ0n) is 20.1. The first kappa shape index (κ1) is 24.2. The molecule has 0 aliphatic rings. The maximum Gasteiger partial charge on any atom is 0.282 e. The van der Waals surface area contributed by atoms with Crippen LogP contribution in [0.3, 0.4) is 0 Å². The molecule has 0 bridgehead atoms. The Morgan fingerprint density at radius 3 is 2.09 bits per heavy atom. The SMILES string of the molecule is CC(C)c1nc2ccc(Br)cc2c(=O)n1N=Cc1cc(C(C)(C)C)c(O)c(C(C)(C)C)c1. The number of benzene rings is 2. The van der Waals surface area contributed by atoms with Crippen LogP contribution in [0.5, 0.6) is 5.75 Å². The topological polar surface area (TPSA) is 67.5 Å². The minimum atomic E-state index is -0.245. The molecule has 0 fully saturated rings. The number of phenolic OH excluding ortho intramolecular Hbond substituents is 1. The van der Waals surface area contributed by atoms with Gasteiger partial charge in [-0.05, 0) is 46.7 Å². The average molecular weight is 498 g/mol. The summed E-state index contributed by atoms with van der Waals surface area (Å²) in [6, 6.07) is 9.38. The fourth-order valence-electron chi connectivity index (χ4n) is 3.65. The third-order valence-corrected chi connectivity index (χ3v) is 5.91. The van der Waals surface area contributed by atoms with Crippen LogP contribution in [-0.2, 0) is 10.8 Å². The number of hydrogen-bond donors (Lipinski definition) is 1. The van der Waals surface area contributed by atoms with Crippen molar-refractivity contribution in [1.29, 1.82) is 0 Å². The van der Waals surface area contributed by atoms with Crippen molar-refractivity contribution >= 4 is 33.0 Å². The lowest BCUT2D eigenvalue weighted by Gasteiger charge is -2.27. The van der Waals surface area contributed by atoms with Crippen LogP contribution < -0.4 is 5.56 Å². The van der Waals surface area contributed by atoms with E-state index in [2.05, 4.69) is 62.6 Å². The van der Waals surface area contributed by atoms with Crippen molar-refractivity contribution in [3.05, 3.63) is 67.7 Å². The lowest BCUT2D eigenvalue weighted by atomic mass is 9.78. The minimum Gasteiger partial charge on any atom is -0.507 e. The number of fused-ring (bicyclic) bond motifs is 1. The largest absolute Gasteiger partial charge is 0.507 e. The smallest absolute Gasteiger partial charge is 0.282 e. The number of nitrogens with zero attached hydrogens (tertiary/aromatic N) is 3. The number of aromatic hydroxyl groups is 1. The predicted molar refractivity (Wildman–Crippen MR) is 136 cm³/mol. The third-order valence-electron chi connectivity index (χ3n) is 5.42. The molecule has 1 N–H and O–H groups in total. The summed E-state index contributed by atoms with van der Waals surface area (Å²) in [4.78, 5) is 18.0. The van der Waals surface area contributed by atoms with Crippen molar-refractivity contribution in [2.45, 2.75) is 72.1 Å². The summed E-state index contributed by atoms with van der Waals surface area (Å²) in [5.74, 6) is 0.939. The van der Waals surface area contributed by atoms with Gasteiger partial charge in [-0.25, -0.2) is 4.98 Å².